The van der Waals surface area contributed by atoms with E-state index in [1.54, 1.807) is 30.3 Å². The van der Waals surface area contributed by atoms with Gasteiger partial charge in [0.15, 0.2) is 0 Å². The van der Waals surface area contributed by atoms with E-state index in [9.17, 15) is 4.79 Å². The summed E-state index contributed by atoms with van der Waals surface area (Å²) >= 11 is 11.9. The minimum atomic E-state index is -0.558. The number of benzene rings is 1. The molecule has 6 heteroatoms. The Balaban J connectivity index is 2.28. The van der Waals surface area contributed by atoms with Crippen molar-refractivity contribution in [1.82, 2.24) is 0 Å². The molecular weight excluding hydrogens is 287 g/mol. The SMILES string of the molecule is NC(=O)C[C@@H](N)c1ccc(-c2ccc(Cl)cc2Cl)o1. The fourth-order valence-electron chi connectivity index (χ4n) is 1.70. The number of primary amides is 1. The van der Waals surface area contributed by atoms with Crippen molar-refractivity contribution in [3.05, 3.63) is 46.1 Å². The van der Waals surface area contributed by atoms with Crippen LogP contribution in [0.1, 0.15) is 18.2 Å². The van der Waals surface area contributed by atoms with E-state index in [0.717, 1.165) is 0 Å². The first-order valence-corrected chi connectivity index (χ1v) is 6.32. The highest BCUT2D eigenvalue weighted by atomic mass is 35.5. The van der Waals surface area contributed by atoms with Crippen LogP contribution in [0, 0.1) is 0 Å². The highest BCUT2D eigenvalue weighted by Gasteiger charge is 2.15. The second-order valence-electron chi connectivity index (χ2n) is 4.10. The van der Waals surface area contributed by atoms with Crippen LogP contribution < -0.4 is 11.5 Å². The summed E-state index contributed by atoms with van der Waals surface area (Å²) in [5.74, 6) is 0.575. The van der Waals surface area contributed by atoms with E-state index >= 15 is 0 Å². The number of amides is 1. The molecule has 1 heterocycles. The van der Waals surface area contributed by atoms with Gasteiger partial charge in [0.05, 0.1) is 11.1 Å². The molecule has 0 spiro atoms. The number of hydrogen-bond donors (Lipinski definition) is 2. The molecule has 0 bridgehead atoms. The van der Waals surface area contributed by atoms with Gasteiger partial charge < -0.3 is 15.9 Å². The van der Waals surface area contributed by atoms with E-state index in [1.165, 1.54) is 0 Å². The van der Waals surface area contributed by atoms with E-state index in [0.29, 0.717) is 27.1 Å². The van der Waals surface area contributed by atoms with Gasteiger partial charge in [0.2, 0.25) is 5.91 Å². The Morgan fingerprint density at radius 1 is 1.26 bits per heavy atom. The largest absolute Gasteiger partial charge is 0.459 e. The average Bonchev–Trinajstić information content (AvgIpc) is 2.77. The summed E-state index contributed by atoms with van der Waals surface area (Å²) in [6.45, 7) is 0. The fraction of sp³-hybridized carbons (Fsp3) is 0.154. The monoisotopic (exact) mass is 298 g/mol. The quantitative estimate of drug-likeness (QED) is 0.910. The first kappa shape index (κ1) is 13.9. The Morgan fingerprint density at radius 2 is 2.00 bits per heavy atom. The second-order valence-corrected chi connectivity index (χ2v) is 4.95. The molecule has 0 fully saturated rings. The van der Waals surface area contributed by atoms with Crippen LogP contribution in [0.5, 0.6) is 0 Å². The molecule has 0 saturated carbocycles. The smallest absolute Gasteiger partial charge is 0.219 e. The van der Waals surface area contributed by atoms with Gasteiger partial charge >= 0.3 is 0 Å². The minimum absolute atomic E-state index is 0.0291. The Bertz CT molecular complexity index is 610. The van der Waals surface area contributed by atoms with Crippen LogP contribution in [0.3, 0.4) is 0 Å². The molecule has 0 aliphatic heterocycles. The molecule has 100 valence electrons. The standard InChI is InChI=1S/C13H12Cl2N2O2/c14-7-1-2-8(9(15)5-7)11-3-4-12(19-11)10(16)6-13(17)18/h1-5,10H,6,16H2,(H2,17,18)/t10-/m1/s1. The first-order valence-electron chi connectivity index (χ1n) is 5.56. The summed E-state index contributed by atoms with van der Waals surface area (Å²) in [5.41, 5.74) is 11.6. The van der Waals surface area contributed by atoms with E-state index in [-0.39, 0.29) is 6.42 Å². The van der Waals surface area contributed by atoms with Gasteiger partial charge in [-0.3, -0.25) is 4.79 Å². The number of nitrogens with two attached hydrogens (primary N) is 2. The van der Waals surface area contributed by atoms with E-state index in [1.807, 2.05) is 0 Å². The lowest BCUT2D eigenvalue weighted by atomic mass is 10.1. The lowest BCUT2D eigenvalue weighted by Gasteiger charge is -2.06. The lowest BCUT2D eigenvalue weighted by Crippen LogP contribution is -2.20. The van der Waals surface area contributed by atoms with Crippen molar-refractivity contribution in [2.75, 3.05) is 0 Å². The molecule has 0 aliphatic rings. The molecule has 2 aromatic rings. The second kappa shape index (κ2) is 5.65. The highest BCUT2D eigenvalue weighted by molar-refractivity contribution is 6.36. The Hall–Kier alpha value is -1.49. The summed E-state index contributed by atoms with van der Waals surface area (Å²) in [7, 11) is 0. The molecular formula is C13H12Cl2N2O2. The average molecular weight is 299 g/mol. The van der Waals surface area contributed by atoms with Crippen LogP contribution in [-0.2, 0) is 4.79 Å². The zero-order valence-electron chi connectivity index (χ0n) is 9.90. The van der Waals surface area contributed by atoms with Gasteiger partial charge in [-0.05, 0) is 30.3 Å². The highest BCUT2D eigenvalue weighted by Crippen LogP contribution is 2.32. The summed E-state index contributed by atoms with van der Waals surface area (Å²) in [4.78, 5) is 10.8. The molecule has 0 unspecified atom stereocenters. The molecule has 1 atom stereocenters. The van der Waals surface area contributed by atoms with Gasteiger partial charge in [-0.2, -0.15) is 0 Å². The molecule has 4 N–H and O–H groups in total. The van der Waals surface area contributed by atoms with Crippen molar-refractivity contribution >= 4 is 29.1 Å². The van der Waals surface area contributed by atoms with Crippen LogP contribution in [0.25, 0.3) is 11.3 Å². The summed E-state index contributed by atoms with van der Waals surface area (Å²) in [5, 5.41) is 1.03. The van der Waals surface area contributed by atoms with Crippen molar-refractivity contribution in [1.29, 1.82) is 0 Å². The molecule has 19 heavy (non-hydrogen) atoms. The predicted octanol–water partition coefficient (Wildman–Crippen LogP) is 3.13. The third-order valence-corrected chi connectivity index (χ3v) is 3.16. The van der Waals surface area contributed by atoms with Crippen LogP contribution >= 0.6 is 23.2 Å². The number of furan rings is 1. The van der Waals surface area contributed by atoms with Crippen molar-refractivity contribution in [2.45, 2.75) is 12.5 Å². The van der Waals surface area contributed by atoms with Gasteiger partial charge in [0, 0.05) is 17.0 Å². The summed E-state index contributed by atoms with van der Waals surface area (Å²) in [6.07, 6.45) is 0.0291. The molecule has 1 aromatic heterocycles. The zero-order valence-corrected chi connectivity index (χ0v) is 11.4. The van der Waals surface area contributed by atoms with Gasteiger partial charge in [-0.25, -0.2) is 0 Å². The third-order valence-electron chi connectivity index (χ3n) is 2.61. The molecule has 0 aliphatic carbocycles. The Kier molecular flexibility index (Phi) is 4.14. The lowest BCUT2D eigenvalue weighted by molar-refractivity contribution is -0.118. The van der Waals surface area contributed by atoms with E-state index in [4.69, 9.17) is 39.1 Å². The van der Waals surface area contributed by atoms with Crippen LogP contribution in [0.2, 0.25) is 10.0 Å². The third kappa shape index (κ3) is 3.29. The van der Waals surface area contributed by atoms with Crippen molar-refractivity contribution in [2.24, 2.45) is 11.5 Å². The maximum Gasteiger partial charge on any atom is 0.219 e. The van der Waals surface area contributed by atoms with Crippen LogP contribution in [-0.4, -0.2) is 5.91 Å². The van der Waals surface area contributed by atoms with Crippen molar-refractivity contribution in [3.8, 4) is 11.3 Å². The van der Waals surface area contributed by atoms with Crippen molar-refractivity contribution < 1.29 is 9.21 Å². The Morgan fingerprint density at radius 3 is 2.63 bits per heavy atom. The zero-order chi connectivity index (χ0) is 14.0. The molecule has 0 saturated heterocycles. The molecule has 0 radical (unpaired) electrons. The van der Waals surface area contributed by atoms with E-state index < -0.39 is 11.9 Å². The van der Waals surface area contributed by atoms with Gasteiger partial charge in [-0.1, -0.05) is 23.2 Å². The maximum absolute atomic E-state index is 10.8. The number of carbonyl (C=O) groups excluding carboxylic acids is 1. The normalized spacial score (nSPS) is 12.4. The van der Waals surface area contributed by atoms with Crippen molar-refractivity contribution in [3.63, 3.8) is 0 Å². The number of hydrogen-bond acceptors (Lipinski definition) is 3. The molecule has 1 aromatic carbocycles. The molecule has 2 rings (SSSR count). The van der Waals surface area contributed by atoms with E-state index in [2.05, 4.69) is 0 Å². The minimum Gasteiger partial charge on any atom is -0.459 e. The molecule has 1 amide bonds. The predicted molar refractivity (Wildman–Crippen MR) is 74.9 cm³/mol. The summed E-state index contributed by atoms with van der Waals surface area (Å²) < 4.78 is 5.59. The maximum atomic E-state index is 10.8. The van der Waals surface area contributed by atoms with Crippen LogP contribution in [0.4, 0.5) is 0 Å². The number of carbonyl (C=O) groups is 1. The topological polar surface area (TPSA) is 82.2 Å². The number of halogens is 2. The first-order chi connectivity index (χ1) is 8.97. The van der Waals surface area contributed by atoms with Gasteiger partial charge in [-0.15, -0.1) is 0 Å². The summed E-state index contributed by atoms with van der Waals surface area (Å²) in [6, 6.07) is 7.99. The van der Waals surface area contributed by atoms with Gasteiger partial charge in [0.1, 0.15) is 11.5 Å². The number of rotatable bonds is 4. The van der Waals surface area contributed by atoms with Gasteiger partial charge in [0.25, 0.3) is 0 Å². The van der Waals surface area contributed by atoms with Crippen LogP contribution in [0.15, 0.2) is 34.7 Å². The fourth-order valence-corrected chi connectivity index (χ4v) is 2.21. The molecule has 4 nitrogen and oxygen atoms in total. The Labute approximate surface area is 120 Å².